The number of benzene rings is 2. The summed E-state index contributed by atoms with van der Waals surface area (Å²) in [5.41, 5.74) is 2.20. The smallest absolute Gasteiger partial charge is 0.261 e. The molecule has 0 bridgehead atoms. The van der Waals surface area contributed by atoms with Gasteiger partial charge in [-0.1, -0.05) is 62.2 Å². The second-order valence-corrected chi connectivity index (χ2v) is 7.96. The Hall–Kier alpha value is -2.82. The van der Waals surface area contributed by atoms with Gasteiger partial charge in [0.05, 0.1) is 0 Å². The molecule has 1 aliphatic carbocycles. The van der Waals surface area contributed by atoms with Crippen LogP contribution in [0.5, 0.6) is 5.75 Å². The van der Waals surface area contributed by atoms with E-state index in [0.717, 1.165) is 37.7 Å². The fourth-order valence-corrected chi connectivity index (χ4v) is 3.80. The summed E-state index contributed by atoms with van der Waals surface area (Å²) >= 11 is 0. The van der Waals surface area contributed by atoms with Crippen molar-refractivity contribution in [2.75, 3.05) is 6.61 Å². The van der Waals surface area contributed by atoms with Crippen molar-refractivity contribution in [3.8, 4) is 5.75 Å². The van der Waals surface area contributed by atoms with Gasteiger partial charge in [0.25, 0.3) is 5.91 Å². The second-order valence-electron chi connectivity index (χ2n) is 7.96. The zero-order chi connectivity index (χ0) is 21.3. The Balaban J connectivity index is 1.66. The predicted molar refractivity (Wildman–Crippen MR) is 118 cm³/mol. The summed E-state index contributed by atoms with van der Waals surface area (Å²) in [4.78, 5) is 27.5. The van der Waals surface area contributed by atoms with Crippen LogP contribution >= 0.6 is 0 Å². The fourth-order valence-electron chi connectivity index (χ4n) is 3.80. The van der Waals surface area contributed by atoms with Gasteiger partial charge in [0.1, 0.15) is 11.8 Å². The van der Waals surface area contributed by atoms with Crippen molar-refractivity contribution in [2.24, 2.45) is 0 Å². The summed E-state index contributed by atoms with van der Waals surface area (Å²) in [6.45, 7) is 4.16. The Bertz CT molecular complexity index is 814. The van der Waals surface area contributed by atoms with E-state index in [1.54, 1.807) is 11.8 Å². The summed E-state index contributed by atoms with van der Waals surface area (Å²) in [6, 6.07) is 17.2. The molecule has 0 spiro atoms. The summed E-state index contributed by atoms with van der Waals surface area (Å²) in [5.74, 6) is 0.356. The molecule has 1 N–H and O–H groups in total. The normalized spacial score (nSPS) is 14.9. The van der Waals surface area contributed by atoms with Crippen molar-refractivity contribution >= 4 is 11.8 Å². The number of carbonyl (C=O) groups excluding carboxylic acids is 2. The first-order chi connectivity index (χ1) is 14.6. The van der Waals surface area contributed by atoms with Crippen LogP contribution in [0.15, 0.2) is 54.6 Å². The zero-order valence-electron chi connectivity index (χ0n) is 18.0. The number of rotatable bonds is 9. The van der Waals surface area contributed by atoms with Gasteiger partial charge in [-0.05, 0) is 49.4 Å². The van der Waals surface area contributed by atoms with Gasteiger partial charge in [-0.15, -0.1) is 0 Å². The summed E-state index contributed by atoms with van der Waals surface area (Å²) in [7, 11) is 0. The quantitative estimate of drug-likeness (QED) is 0.679. The second kappa shape index (κ2) is 10.8. The molecule has 5 nitrogen and oxygen atoms in total. The molecule has 0 aliphatic heterocycles. The van der Waals surface area contributed by atoms with E-state index < -0.39 is 6.04 Å². The minimum Gasteiger partial charge on any atom is -0.484 e. The third-order valence-corrected chi connectivity index (χ3v) is 5.76. The molecule has 5 heteroatoms. The lowest BCUT2D eigenvalue weighted by Gasteiger charge is -2.29. The molecule has 30 heavy (non-hydrogen) atoms. The van der Waals surface area contributed by atoms with E-state index in [4.69, 9.17) is 4.74 Å². The van der Waals surface area contributed by atoms with Gasteiger partial charge in [0.15, 0.2) is 6.61 Å². The van der Waals surface area contributed by atoms with Crippen LogP contribution in [0.1, 0.15) is 50.7 Å². The molecule has 2 amide bonds. The molecule has 0 saturated heterocycles. The highest BCUT2D eigenvalue weighted by Gasteiger charge is 2.28. The zero-order valence-corrected chi connectivity index (χ0v) is 18.0. The first kappa shape index (κ1) is 21.9. The molecule has 1 unspecified atom stereocenters. The Morgan fingerprint density at radius 1 is 1.03 bits per heavy atom. The third-order valence-electron chi connectivity index (χ3n) is 5.76. The van der Waals surface area contributed by atoms with E-state index in [2.05, 4.69) is 12.2 Å². The first-order valence-electron chi connectivity index (χ1n) is 10.9. The van der Waals surface area contributed by atoms with E-state index in [0.29, 0.717) is 12.3 Å². The van der Waals surface area contributed by atoms with Crippen molar-refractivity contribution in [1.82, 2.24) is 10.2 Å². The van der Waals surface area contributed by atoms with E-state index >= 15 is 0 Å². The van der Waals surface area contributed by atoms with E-state index in [-0.39, 0.29) is 24.5 Å². The summed E-state index contributed by atoms with van der Waals surface area (Å²) < 4.78 is 5.73. The highest BCUT2D eigenvalue weighted by atomic mass is 16.5. The van der Waals surface area contributed by atoms with Crippen molar-refractivity contribution < 1.29 is 14.3 Å². The van der Waals surface area contributed by atoms with E-state index in [1.807, 2.05) is 54.6 Å². The van der Waals surface area contributed by atoms with Gasteiger partial charge in [-0.2, -0.15) is 0 Å². The summed E-state index contributed by atoms with van der Waals surface area (Å²) in [5, 5.41) is 3.11. The van der Waals surface area contributed by atoms with Crippen molar-refractivity contribution in [3.63, 3.8) is 0 Å². The Kier molecular flexibility index (Phi) is 7.89. The fraction of sp³-hybridized carbons (Fsp3) is 0.440. The number of aryl methyl sites for hydroxylation is 1. The van der Waals surface area contributed by atoms with Crippen molar-refractivity contribution in [3.05, 3.63) is 65.7 Å². The SMILES string of the molecule is CCc1ccc(OCC(=O)N(Cc2ccccc2)C(C)C(=O)NC2CCCC2)cc1. The number of hydrogen-bond acceptors (Lipinski definition) is 3. The molecule has 3 rings (SSSR count). The lowest BCUT2D eigenvalue weighted by atomic mass is 10.1. The predicted octanol–water partition coefficient (Wildman–Crippen LogP) is 4.10. The number of carbonyl (C=O) groups is 2. The number of amides is 2. The monoisotopic (exact) mass is 408 g/mol. The molecule has 0 heterocycles. The lowest BCUT2D eigenvalue weighted by Crippen LogP contribution is -2.50. The van der Waals surface area contributed by atoms with E-state index in [9.17, 15) is 9.59 Å². The Morgan fingerprint density at radius 3 is 2.33 bits per heavy atom. The number of nitrogens with one attached hydrogen (secondary N) is 1. The van der Waals surface area contributed by atoms with Crippen LogP contribution in [0.25, 0.3) is 0 Å². The molecule has 1 saturated carbocycles. The minimum atomic E-state index is -0.565. The van der Waals surface area contributed by atoms with Crippen LogP contribution in [-0.4, -0.2) is 35.4 Å². The largest absolute Gasteiger partial charge is 0.484 e. The molecule has 1 atom stereocenters. The molecule has 2 aromatic carbocycles. The molecule has 2 aromatic rings. The highest BCUT2D eigenvalue weighted by molar-refractivity contribution is 5.88. The molecular formula is C25H32N2O3. The van der Waals surface area contributed by atoms with Crippen molar-refractivity contribution in [1.29, 1.82) is 0 Å². The standard InChI is InChI=1S/C25H32N2O3/c1-3-20-13-15-23(16-14-20)30-18-24(28)27(17-21-9-5-4-6-10-21)19(2)25(29)26-22-11-7-8-12-22/h4-6,9-10,13-16,19,22H,3,7-8,11-12,17-18H2,1-2H3,(H,26,29). The average molecular weight is 409 g/mol. The van der Waals surface area contributed by atoms with Gasteiger partial charge in [0.2, 0.25) is 5.91 Å². The maximum absolute atomic E-state index is 13.0. The number of nitrogens with zero attached hydrogens (tertiary/aromatic N) is 1. The lowest BCUT2D eigenvalue weighted by molar-refractivity contribution is -0.142. The average Bonchev–Trinajstić information content (AvgIpc) is 3.29. The number of ether oxygens (including phenoxy) is 1. The van der Waals surface area contributed by atoms with Crippen LogP contribution < -0.4 is 10.1 Å². The van der Waals surface area contributed by atoms with E-state index in [1.165, 1.54) is 5.56 Å². The molecule has 1 fully saturated rings. The third kappa shape index (κ3) is 6.09. The van der Waals surface area contributed by atoms with Crippen LogP contribution in [0.4, 0.5) is 0 Å². The van der Waals surface area contributed by atoms with Crippen LogP contribution in [0.3, 0.4) is 0 Å². The molecule has 1 aliphatic rings. The van der Waals surface area contributed by atoms with Crippen LogP contribution in [0, 0.1) is 0 Å². The number of hydrogen-bond donors (Lipinski definition) is 1. The maximum atomic E-state index is 13.0. The summed E-state index contributed by atoms with van der Waals surface area (Å²) in [6.07, 6.45) is 5.29. The highest BCUT2D eigenvalue weighted by Crippen LogP contribution is 2.19. The maximum Gasteiger partial charge on any atom is 0.261 e. The molecule has 0 radical (unpaired) electrons. The topological polar surface area (TPSA) is 58.6 Å². The van der Waals surface area contributed by atoms with Crippen LogP contribution in [0.2, 0.25) is 0 Å². The minimum absolute atomic E-state index is 0.0979. The first-order valence-corrected chi connectivity index (χ1v) is 10.9. The van der Waals surface area contributed by atoms with Gasteiger partial charge < -0.3 is 15.0 Å². The van der Waals surface area contributed by atoms with Crippen LogP contribution in [-0.2, 0) is 22.6 Å². The van der Waals surface area contributed by atoms with Gasteiger partial charge >= 0.3 is 0 Å². The molecule has 0 aromatic heterocycles. The Labute approximate surface area is 179 Å². The van der Waals surface area contributed by atoms with Gasteiger partial charge in [0, 0.05) is 12.6 Å². The molecular weight excluding hydrogens is 376 g/mol. The van der Waals surface area contributed by atoms with Gasteiger partial charge in [-0.25, -0.2) is 0 Å². The van der Waals surface area contributed by atoms with Gasteiger partial charge in [-0.3, -0.25) is 9.59 Å². The Morgan fingerprint density at radius 2 is 1.70 bits per heavy atom. The van der Waals surface area contributed by atoms with Crippen molar-refractivity contribution in [2.45, 2.75) is 64.6 Å². The molecule has 160 valence electrons.